The van der Waals surface area contributed by atoms with Crippen LogP contribution in [0, 0.1) is 0 Å². The van der Waals surface area contributed by atoms with Crippen molar-refractivity contribution in [3.8, 4) is 17.2 Å². The zero-order valence-corrected chi connectivity index (χ0v) is 11.3. The summed E-state index contributed by atoms with van der Waals surface area (Å²) in [5.41, 5.74) is 0.735. The minimum atomic E-state index is -0.253. The number of amides is 1. The number of benzene rings is 1. The van der Waals surface area contributed by atoms with Gasteiger partial charge in [-0.1, -0.05) is 0 Å². The molecule has 0 bridgehead atoms. The maximum atomic E-state index is 11.2. The van der Waals surface area contributed by atoms with E-state index in [1.165, 1.54) is 0 Å². The third kappa shape index (κ3) is 3.43. The van der Waals surface area contributed by atoms with Gasteiger partial charge in [-0.25, -0.2) is 0 Å². The molecule has 1 rings (SSSR count). The highest BCUT2D eigenvalue weighted by molar-refractivity contribution is 6.27. The maximum Gasteiger partial charge on any atom is 0.235 e. The van der Waals surface area contributed by atoms with Crippen molar-refractivity contribution >= 4 is 17.5 Å². The van der Waals surface area contributed by atoms with Crippen LogP contribution < -0.4 is 19.5 Å². The van der Waals surface area contributed by atoms with Gasteiger partial charge in [0.15, 0.2) is 0 Å². The predicted octanol–water partition coefficient (Wildman–Crippen LogP) is 1.57. The molecule has 0 heterocycles. The van der Waals surface area contributed by atoms with Crippen molar-refractivity contribution in [2.24, 2.45) is 0 Å². The summed E-state index contributed by atoms with van der Waals surface area (Å²) in [6.07, 6.45) is 0. The Morgan fingerprint density at radius 1 is 1.17 bits per heavy atom. The topological polar surface area (TPSA) is 56.8 Å². The molecule has 0 aliphatic heterocycles. The van der Waals surface area contributed by atoms with Crippen molar-refractivity contribution < 1.29 is 19.0 Å². The van der Waals surface area contributed by atoms with E-state index >= 15 is 0 Å². The van der Waals surface area contributed by atoms with Crippen molar-refractivity contribution in [2.75, 3.05) is 27.2 Å². The standard InChI is InChI=1S/C12H16ClNO4/c1-16-8-4-10(17-2)9(11(5-8)18-3)7-14-12(15)6-13/h4-5H,6-7H2,1-3H3,(H,14,15). The van der Waals surface area contributed by atoms with E-state index in [4.69, 9.17) is 25.8 Å². The van der Waals surface area contributed by atoms with Crippen LogP contribution in [0.2, 0.25) is 0 Å². The fourth-order valence-corrected chi connectivity index (χ4v) is 1.58. The third-order valence-electron chi connectivity index (χ3n) is 2.40. The summed E-state index contributed by atoms with van der Waals surface area (Å²) >= 11 is 5.42. The molecule has 0 saturated heterocycles. The number of halogens is 1. The van der Waals surface area contributed by atoms with Gasteiger partial charge in [-0.15, -0.1) is 11.6 Å². The lowest BCUT2D eigenvalue weighted by atomic mass is 10.1. The lowest BCUT2D eigenvalue weighted by Gasteiger charge is -2.15. The third-order valence-corrected chi connectivity index (χ3v) is 2.64. The Bertz CT molecular complexity index is 398. The van der Waals surface area contributed by atoms with Gasteiger partial charge in [-0.05, 0) is 0 Å². The van der Waals surface area contributed by atoms with Crippen LogP contribution in [0.15, 0.2) is 12.1 Å². The second-order valence-electron chi connectivity index (χ2n) is 3.42. The summed E-state index contributed by atoms with van der Waals surface area (Å²) in [5, 5.41) is 2.66. The van der Waals surface area contributed by atoms with Crippen LogP contribution in [0.1, 0.15) is 5.56 Å². The Hall–Kier alpha value is -1.62. The highest BCUT2D eigenvalue weighted by atomic mass is 35.5. The summed E-state index contributed by atoms with van der Waals surface area (Å²) in [6.45, 7) is 0.280. The van der Waals surface area contributed by atoms with E-state index in [2.05, 4.69) is 5.32 Å². The minimum absolute atomic E-state index is 0.0826. The first-order chi connectivity index (χ1) is 8.65. The van der Waals surface area contributed by atoms with Crippen molar-refractivity contribution in [1.29, 1.82) is 0 Å². The first-order valence-electron chi connectivity index (χ1n) is 5.27. The largest absolute Gasteiger partial charge is 0.496 e. The average molecular weight is 274 g/mol. The van der Waals surface area contributed by atoms with E-state index in [1.807, 2.05) is 0 Å². The Morgan fingerprint density at radius 3 is 2.11 bits per heavy atom. The predicted molar refractivity (Wildman–Crippen MR) is 68.7 cm³/mol. The molecule has 1 aromatic rings. The molecule has 18 heavy (non-hydrogen) atoms. The highest BCUT2D eigenvalue weighted by Crippen LogP contribution is 2.33. The van der Waals surface area contributed by atoms with Crippen LogP contribution in [0.4, 0.5) is 0 Å². The molecule has 1 N–H and O–H groups in total. The van der Waals surface area contributed by atoms with Gasteiger partial charge in [-0.2, -0.15) is 0 Å². The van der Waals surface area contributed by atoms with Crippen LogP contribution in [0.25, 0.3) is 0 Å². The molecule has 0 aromatic heterocycles. The number of alkyl halides is 1. The quantitative estimate of drug-likeness (QED) is 0.800. The van der Waals surface area contributed by atoms with E-state index in [-0.39, 0.29) is 18.3 Å². The summed E-state index contributed by atoms with van der Waals surface area (Å²) in [6, 6.07) is 3.45. The van der Waals surface area contributed by atoms with Gasteiger partial charge < -0.3 is 19.5 Å². The van der Waals surface area contributed by atoms with Crippen LogP contribution in [0.3, 0.4) is 0 Å². The number of ether oxygens (including phenoxy) is 3. The highest BCUT2D eigenvalue weighted by Gasteiger charge is 2.13. The molecular formula is C12H16ClNO4. The smallest absolute Gasteiger partial charge is 0.235 e. The van der Waals surface area contributed by atoms with Gasteiger partial charge in [-0.3, -0.25) is 4.79 Å². The van der Waals surface area contributed by atoms with E-state index in [0.717, 1.165) is 5.56 Å². The van der Waals surface area contributed by atoms with E-state index in [1.54, 1.807) is 33.5 Å². The molecule has 6 heteroatoms. The second kappa shape index (κ2) is 6.96. The molecule has 0 unspecified atom stereocenters. The van der Waals surface area contributed by atoms with Crippen LogP contribution in [-0.4, -0.2) is 33.1 Å². The molecule has 0 aliphatic rings. The Labute approximate surface area is 111 Å². The van der Waals surface area contributed by atoms with Gasteiger partial charge in [0.1, 0.15) is 23.1 Å². The second-order valence-corrected chi connectivity index (χ2v) is 3.69. The van der Waals surface area contributed by atoms with Gasteiger partial charge in [0.25, 0.3) is 0 Å². The van der Waals surface area contributed by atoms with Crippen LogP contribution in [-0.2, 0) is 11.3 Å². The lowest BCUT2D eigenvalue weighted by Crippen LogP contribution is -2.24. The van der Waals surface area contributed by atoms with E-state index < -0.39 is 0 Å². The Kier molecular flexibility index (Phi) is 5.58. The van der Waals surface area contributed by atoms with E-state index in [9.17, 15) is 4.79 Å². The maximum absolute atomic E-state index is 11.2. The zero-order valence-electron chi connectivity index (χ0n) is 10.6. The average Bonchev–Trinajstić information content (AvgIpc) is 2.43. The molecule has 0 fully saturated rings. The molecule has 0 radical (unpaired) electrons. The zero-order chi connectivity index (χ0) is 13.5. The SMILES string of the molecule is COc1cc(OC)c(CNC(=O)CCl)c(OC)c1. The first-order valence-corrected chi connectivity index (χ1v) is 5.81. The molecule has 1 aromatic carbocycles. The molecule has 5 nitrogen and oxygen atoms in total. The molecular weight excluding hydrogens is 258 g/mol. The summed E-state index contributed by atoms with van der Waals surface area (Å²) in [4.78, 5) is 11.2. The molecule has 1 amide bonds. The number of methoxy groups -OCH3 is 3. The lowest BCUT2D eigenvalue weighted by molar-refractivity contribution is -0.118. The Morgan fingerprint density at radius 2 is 1.72 bits per heavy atom. The number of hydrogen-bond donors (Lipinski definition) is 1. The summed E-state index contributed by atoms with van der Waals surface area (Å²) in [5.74, 6) is 1.45. The first kappa shape index (κ1) is 14.4. The number of carbonyl (C=O) groups excluding carboxylic acids is 1. The fourth-order valence-electron chi connectivity index (χ4n) is 1.49. The monoisotopic (exact) mass is 273 g/mol. The summed E-state index contributed by atoms with van der Waals surface area (Å²) in [7, 11) is 4.64. The Balaban J connectivity index is 3.03. The number of rotatable bonds is 6. The number of carbonyl (C=O) groups is 1. The molecule has 100 valence electrons. The molecule has 0 spiro atoms. The van der Waals surface area contributed by atoms with Gasteiger partial charge in [0.2, 0.25) is 5.91 Å². The minimum Gasteiger partial charge on any atom is -0.496 e. The normalized spacial score (nSPS) is 9.78. The van der Waals surface area contributed by atoms with Crippen molar-refractivity contribution in [3.05, 3.63) is 17.7 Å². The number of hydrogen-bond acceptors (Lipinski definition) is 4. The summed E-state index contributed by atoms with van der Waals surface area (Å²) < 4.78 is 15.6. The molecule has 0 aliphatic carbocycles. The van der Waals surface area contributed by atoms with Gasteiger partial charge in [0.05, 0.1) is 33.4 Å². The molecule has 0 saturated carbocycles. The van der Waals surface area contributed by atoms with Crippen molar-refractivity contribution in [1.82, 2.24) is 5.32 Å². The van der Waals surface area contributed by atoms with E-state index in [0.29, 0.717) is 17.2 Å². The van der Waals surface area contributed by atoms with Gasteiger partial charge in [0, 0.05) is 12.1 Å². The number of nitrogens with one attached hydrogen (secondary N) is 1. The molecule has 0 atom stereocenters. The van der Waals surface area contributed by atoms with Crippen molar-refractivity contribution in [3.63, 3.8) is 0 Å². The fraction of sp³-hybridized carbons (Fsp3) is 0.417. The van der Waals surface area contributed by atoms with Crippen LogP contribution in [0.5, 0.6) is 17.2 Å². The van der Waals surface area contributed by atoms with Crippen molar-refractivity contribution in [2.45, 2.75) is 6.54 Å². The van der Waals surface area contributed by atoms with Crippen LogP contribution >= 0.6 is 11.6 Å². The van der Waals surface area contributed by atoms with Gasteiger partial charge >= 0.3 is 0 Å².